The fraction of sp³-hybridized carbons (Fsp3) is 0.545. The van der Waals surface area contributed by atoms with Gasteiger partial charge in [0.1, 0.15) is 6.33 Å². The molecule has 2 heterocycles. The van der Waals surface area contributed by atoms with Crippen molar-refractivity contribution in [3.63, 3.8) is 0 Å². The number of aromatic nitrogens is 5. The summed E-state index contributed by atoms with van der Waals surface area (Å²) in [5.41, 5.74) is 6.45. The second kappa shape index (κ2) is 5.09. The van der Waals surface area contributed by atoms with E-state index in [9.17, 15) is 0 Å². The van der Waals surface area contributed by atoms with Gasteiger partial charge in [-0.05, 0) is 19.4 Å². The Kier molecular flexibility index (Phi) is 3.53. The summed E-state index contributed by atoms with van der Waals surface area (Å²) in [6.07, 6.45) is 4.76. The number of rotatable bonds is 5. The molecule has 0 aliphatic carbocycles. The molecule has 0 aliphatic heterocycles. The van der Waals surface area contributed by atoms with E-state index in [1.165, 1.54) is 0 Å². The number of hydrogen-bond acceptors (Lipinski definition) is 4. The fourth-order valence-corrected chi connectivity index (χ4v) is 1.56. The Balaban J connectivity index is 2.06. The average Bonchev–Trinajstić information content (AvgIpc) is 2.97. The minimum absolute atomic E-state index is 0.369. The number of nitrogens with zero attached hydrogens (tertiary/aromatic N) is 5. The monoisotopic (exact) mass is 234 g/mol. The Labute approximate surface area is 100 Å². The van der Waals surface area contributed by atoms with Gasteiger partial charge < -0.3 is 5.73 Å². The van der Waals surface area contributed by atoms with Crippen molar-refractivity contribution in [1.82, 2.24) is 24.5 Å². The van der Waals surface area contributed by atoms with Gasteiger partial charge in [0.15, 0.2) is 5.82 Å². The third kappa shape index (κ3) is 2.71. The summed E-state index contributed by atoms with van der Waals surface area (Å²) in [6, 6.07) is 2.44. The third-order valence-electron chi connectivity index (χ3n) is 2.80. The Morgan fingerprint density at radius 1 is 1.41 bits per heavy atom. The highest BCUT2D eigenvalue weighted by molar-refractivity contribution is 5.00. The Morgan fingerprint density at radius 2 is 2.24 bits per heavy atom. The lowest BCUT2D eigenvalue weighted by molar-refractivity contribution is 0.471. The van der Waals surface area contributed by atoms with Gasteiger partial charge in [0.2, 0.25) is 0 Å². The van der Waals surface area contributed by atoms with Gasteiger partial charge in [0, 0.05) is 12.2 Å². The zero-order chi connectivity index (χ0) is 12.3. The predicted molar refractivity (Wildman–Crippen MR) is 64.2 cm³/mol. The van der Waals surface area contributed by atoms with Crippen molar-refractivity contribution >= 4 is 0 Å². The molecule has 2 aromatic rings. The van der Waals surface area contributed by atoms with Gasteiger partial charge in [-0.25, -0.2) is 9.67 Å². The van der Waals surface area contributed by atoms with E-state index in [2.05, 4.69) is 29.0 Å². The van der Waals surface area contributed by atoms with Crippen LogP contribution in [0.15, 0.2) is 18.6 Å². The molecule has 17 heavy (non-hydrogen) atoms. The van der Waals surface area contributed by atoms with Gasteiger partial charge in [-0.2, -0.15) is 10.2 Å². The Hall–Kier alpha value is -1.69. The second-order valence-electron chi connectivity index (χ2n) is 4.11. The van der Waals surface area contributed by atoms with Crippen molar-refractivity contribution in [2.75, 3.05) is 0 Å². The minimum Gasteiger partial charge on any atom is -0.324 e. The largest absolute Gasteiger partial charge is 0.324 e. The number of hydrogen-bond donors (Lipinski definition) is 1. The molecule has 0 radical (unpaired) electrons. The summed E-state index contributed by atoms with van der Waals surface area (Å²) in [5, 5.41) is 8.74. The number of nitrogens with two attached hydrogens (primary N) is 1. The van der Waals surface area contributed by atoms with Crippen molar-refractivity contribution in [3.05, 3.63) is 30.1 Å². The molecule has 6 nitrogen and oxygen atoms in total. The molecule has 0 amide bonds. The van der Waals surface area contributed by atoms with Crippen LogP contribution in [0.4, 0.5) is 0 Å². The topological polar surface area (TPSA) is 74.5 Å². The van der Waals surface area contributed by atoms with Crippen LogP contribution in [-0.2, 0) is 13.1 Å². The molecule has 0 fully saturated rings. The van der Waals surface area contributed by atoms with Crippen LogP contribution in [0.5, 0.6) is 0 Å². The predicted octanol–water partition coefficient (Wildman–Crippen LogP) is 0.953. The van der Waals surface area contributed by atoms with Crippen LogP contribution in [0.3, 0.4) is 0 Å². The van der Waals surface area contributed by atoms with Crippen LogP contribution in [0.1, 0.15) is 37.8 Å². The van der Waals surface area contributed by atoms with Crippen LogP contribution >= 0.6 is 0 Å². The maximum absolute atomic E-state index is 5.46. The van der Waals surface area contributed by atoms with E-state index in [0.717, 1.165) is 12.1 Å². The molecule has 0 saturated carbocycles. The Bertz CT molecular complexity index is 472. The molecule has 92 valence electrons. The zero-order valence-corrected chi connectivity index (χ0v) is 10.2. The molecule has 0 aromatic carbocycles. The summed E-state index contributed by atoms with van der Waals surface area (Å²) >= 11 is 0. The highest BCUT2D eigenvalue weighted by atomic mass is 15.4. The lowest BCUT2D eigenvalue weighted by Crippen LogP contribution is -2.07. The van der Waals surface area contributed by atoms with Crippen LogP contribution in [0.2, 0.25) is 0 Å². The molecule has 1 atom stereocenters. The van der Waals surface area contributed by atoms with Gasteiger partial charge >= 0.3 is 0 Å². The maximum Gasteiger partial charge on any atom is 0.164 e. The highest BCUT2D eigenvalue weighted by Crippen LogP contribution is 2.09. The van der Waals surface area contributed by atoms with E-state index in [-0.39, 0.29) is 0 Å². The van der Waals surface area contributed by atoms with E-state index >= 15 is 0 Å². The summed E-state index contributed by atoms with van der Waals surface area (Å²) in [6.45, 7) is 5.31. The molecule has 0 saturated heterocycles. The van der Waals surface area contributed by atoms with E-state index in [1.54, 1.807) is 11.0 Å². The zero-order valence-electron chi connectivity index (χ0n) is 10.2. The molecule has 1 unspecified atom stereocenters. The van der Waals surface area contributed by atoms with Crippen molar-refractivity contribution in [1.29, 1.82) is 0 Å². The first-order chi connectivity index (χ1) is 8.22. The summed E-state index contributed by atoms with van der Waals surface area (Å²) in [7, 11) is 0. The standard InChI is InChI=1S/C11H18N6/c1-3-9(2)17-5-4-10(14-17)7-16-8-13-11(6-12)15-16/h4-5,8-9H,3,6-7,12H2,1-2H3. The average molecular weight is 234 g/mol. The quantitative estimate of drug-likeness (QED) is 0.836. The maximum atomic E-state index is 5.46. The molecular formula is C11H18N6. The van der Waals surface area contributed by atoms with E-state index in [0.29, 0.717) is 25.0 Å². The molecule has 2 aromatic heterocycles. The third-order valence-corrected chi connectivity index (χ3v) is 2.80. The second-order valence-corrected chi connectivity index (χ2v) is 4.11. The molecule has 0 spiro atoms. The van der Waals surface area contributed by atoms with Crippen LogP contribution in [0, 0.1) is 0 Å². The van der Waals surface area contributed by atoms with Crippen LogP contribution in [-0.4, -0.2) is 24.5 Å². The van der Waals surface area contributed by atoms with E-state index in [1.807, 2.05) is 16.9 Å². The summed E-state index contributed by atoms with van der Waals surface area (Å²) in [4.78, 5) is 4.08. The normalized spacial score (nSPS) is 12.9. The van der Waals surface area contributed by atoms with Gasteiger partial charge in [0.25, 0.3) is 0 Å². The van der Waals surface area contributed by atoms with Crippen molar-refractivity contribution in [2.45, 2.75) is 39.4 Å². The fourth-order valence-electron chi connectivity index (χ4n) is 1.56. The van der Waals surface area contributed by atoms with E-state index in [4.69, 9.17) is 5.73 Å². The first-order valence-electron chi connectivity index (χ1n) is 5.85. The summed E-state index contributed by atoms with van der Waals surface area (Å²) in [5.74, 6) is 0.659. The molecule has 2 rings (SSSR count). The molecule has 0 aliphatic rings. The van der Waals surface area contributed by atoms with Crippen molar-refractivity contribution in [3.8, 4) is 0 Å². The van der Waals surface area contributed by atoms with Crippen molar-refractivity contribution in [2.24, 2.45) is 5.73 Å². The minimum atomic E-state index is 0.369. The van der Waals surface area contributed by atoms with Crippen LogP contribution in [0.25, 0.3) is 0 Å². The summed E-state index contributed by atoms with van der Waals surface area (Å²) < 4.78 is 3.74. The highest BCUT2D eigenvalue weighted by Gasteiger charge is 2.06. The molecule has 0 bridgehead atoms. The Morgan fingerprint density at radius 3 is 2.88 bits per heavy atom. The van der Waals surface area contributed by atoms with Crippen molar-refractivity contribution < 1.29 is 0 Å². The van der Waals surface area contributed by atoms with Gasteiger partial charge in [0.05, 0.1) is 18.8 Å². The first kappa shape index (κ1) is 11.8. The lowest BCUT2D eigenvalue weighted by Gasteiger charge is -2.07. The molecule has 2 N–H and O–H groups in total. The lowest BCUT2D eigenvalue weighted by atomic mass is 10.3. The molecular weight excluding hydrogens is 216 g/mol. The smallest absolute Gasteiger partial charge is 0.164 e. The van der Waals surface area contributed by atoms with Gasteiger partial charge in [-0.3, -0.25) is 4.68 Å². The SMILES string of the molecule is CCC(C)n1ccc(Cn2cnc(CN)n2)n1. The van der Waals surface area contributed by atoms with E-state index < -0.39 is 0 Å². The van der Waals surface area contributed by atoms with Crippen LogP contribution < -0.4 is 5.73 Å². The molecule has 6 heteroatoms. The van der Waals surface area contributed by atoms with Gasteiger partial charge in [-0.15, -0.1) is 0 Å². The first-order valence-corrected chi connectivity index (χ1v) is 5.85. The van der Waals surface area contributed by atoms with Gasteiger partial charge in [-0.1, -0.05) is 6.92 Å².